The topological polar surface area (TPSA) is 35.5 Å². The molecule has 1 aromatic rings. The molecule has 104 valence electrons. The molecule has 0 aromatic heterocycles. The fraction of sp³-hybridized carbons (Fsp3) is 0.562. The summed E-state index contributed by atoms with van der Waals surface area (Å²) < 4.78 is 10.5. The summed E-state index contributed by atoms with van der Waals surface area (Å²) in [5.41, 5.74) is 0.711. The number of rotatable bonds is 4. The van der Waals surface area contributed by atoms with E-state index in [4.69, 9.17) is 9.47 Å². The van der Waals surface area contributed by atoms with Gasteiger partial charge in [0.2, 0.25) is 0 Å². The summed E-state index contributed by atoms with van der Waals surface area (Å²) in [7, 11) is 3.21. The maximum absolute atomic E-state index is 12.6. The molecule has 0 atom stereocenters. The number of Topliss-reactive ketones (excluding diaryl/α,β-unsaturated/α-hetero) is 1. The second kappa shape index (κ2) is 6.60. The van der Waals surface area contributed by atoms with E-state index >= 15 is 0 Å². The van der Waals surface area contributed by atoms with Crippen LogP contribution in [-0.4, -0.2) is 20.0 Å². The molecule has 1 aliphatic carbocycles. The van der Waals surface area contributed by atoms with Gasteiger partial charge in [0.25, 0.3) is 0 Å². The van der Waals surface area contributed by atoms with Crippen LogP contribution in [0.3, 0.4) is 0 Å². The van der Waals surface area contributed by atoms with Crippen LogP contribution in [0, 0.1) is 5.92 Å². The molecule has 0 heterocycles. The summed E-state index contributed by atoms with van der Waals surface area (Å²) >= 11 is 0. The minimum Gasteiger partial charge on any atom is -0.497 e. The van der Waals surface area contributed by atoms with E-state index in [1.54, 1.807) is 20.3 Å². The summed E-state index contributed by atoms with van der Waals surface area (Å²) in [5.74, 6) is 1.76. The minimum absolute atomic E-state index is 0.166. The van der Waals surface area contributed by atoms with Crippen LogP contribution in [-0.2, 0) is 0 Å². The van der Waals surface area contributed by atoms with E-state index in [0.29, 0.717) is 17.1 Å². The van der Waals surface area contributed by atoms with Crippen LogP contribution in [0.25, 0.3) is 0 Å². The van der Waals surface area contributed by atoms with E-state index in [2.05, 4.69) is 0 Å². The molecule has 3 heteroatoms. The molecule has 19 heavy (non-hydrogen) atoms. The highest BCUT2D eigenvalue weighted by Crippen LogP contribution is 2.29. The summed E-state index contributed by atoms with van der Waals surface area (Å²) in [6.07, 6.45) is 6.86. The van der Waals surface area contributed by atoms with Crippen molar-refractivity contribution in [3.05, 3.63) is 23.8 Å². The highest BCUT2D eigenvalue weighted by Gasteiger charge is 2.22. The van der Waals surface area contributed by atoms with Crippen molar-refractivity contribution in [2.24, 2.45) is 5.92 Å². The molecular formula is C16H22O3. The third-order valence-electron chi connectivity index (χ3n) is 3.86. The molecular weight excluding hydrogens is 240 g/mol. The van der Waals surface area contributed by atoms with Crippen molar-refractivity contribution >= 4 is 5.78 Å². The van der Waals surface area contributed by atoms with Crippen molar-refractivity contribution in [2.45, 2.75) is 38.5 Å². The van der Waals surface area contributed by atoms with Gasteiger partial charge >= 0.3 is 0 Å². The Hall–Kier alpha value is -1.51. The lowest BCUT2D eigenvalue weighted by atomic mass is 9.91. The van der Waals surface area contributed by atoms with Gasteiger partial charge in [0.15, 0.2) is 5.78 Å². The molecule has 1 fully saturated rings. The van der Waals surface area contributed by atoms with Crippen molar-refractivity contribution < 1.29 is 14.3 Å². The second-order valence-electron chi connectivity index (χ2n) is 5.15. The number of carbonyl (C=O) groups excluding carboxylic acids is 1. The Morgan fingerprint density at radius 2 is 1.47 bits per heavy atom. The zero-order valence-corrected chi connectivity index (χ0v) is 11.8. The molecule has 1 aromatic carbocycles. The normalized spacial score (nSPS) is 16.7. The molecule has 0 amide bonds. The number of carbonyl (C=O) groups is 1. The van der Waals surface area contributed by atoms with Crippen molar-refractivity contribution in [2.75, 3.05) is 14.2 Å². The van der Waals surface area contributed by atoms with Gasteiger partial charge in [0.1, 0.15) is 11.5 Å². The standard InChI is InChI=1S/C16H22O3/c1-18-14-9-13(10-15(11-14)19-2)16(17)12-7-5-3-4-6-8-12/h9-12H,3-8H2,1-2H3. The summed E-state index contributed by atoms with van der Waals surface area (Å²) in [4.78, 5) is 12.6. The summed E-state index contributed by atoms with van der Waals surface area (Å²) in [6.45, 7) is 0. The number of hydrogen-bond donors (Lipinski definition) is 0. The number of benzene rings is 1. The van der Waals surface area contributed by atoms with E-state index < -0.39 is 0 Å². The van der Waals surface area contributed by atoms with E-state index in [1.807, 2.05) is 12.1 Å². The van der Waals surface area contributed by atoms with Crippen LogP contribution in [0.15, 0.2) is 18.2 Å². The molecule has 1 saturated carbocycles. The highest BCUT2D eigenvalue weighted by atomic mass is 16.5. The van der Waals surface area contributed by atoms with Gasteiger partial charge in [0.05, 0.1) is 14.2 Å². The fourth-order valence-electron chi connectivity index (χ4n) is 2.73. The molecule has 0 aliphatic heterocycles. The first kappa shape index (κ1) is 13.9. The monoisotopic (exact) mass is 262 g/mol. The van der Waals surface area contributed by atoms with E-state index in [1.165, 1.54) is 12.8 Å². The van der Waals surface area contributed by atoms with Crippen molar-refractivity contribution in [1.82, 2.24) is 0 Å². The quantitative estimate of drug-likeness (QED) is 0.610. The van der Waals surface area contributed by atoms with Gasteiger partial charge in [-0.15, -0.1) is 0 Å². The second-order valence-corrected chi connectivity index (χ2v) is 5.15. The van der Waals surface area contributed by atoms with Crippen LogP contribution in [0.4, 0.5) is 0 Å². The first-order valence-electron chi connectivity index (χ1n) is 7.02. The van der Waals surface area contributed by atoms with Gasteiger partial charge in [-0.05, 0) is 25.0 Å². The molecule has 3 nitrogen and oxygen atoms in total. The van der Waals surface area contributed by atoms with Crippen LogP contribution in [0.2, 0.25) is 0 Å². The van der Waals surface area contributed by atoms with Gasteiger partial charge in [0, 0.05) is 17.5 Å². The summed E-state index contributed by atoms with van der Waals surface area (Å²) in [5, 5.41) is 0. The van der Waals surface area contributed by atoms with Gasteiger partial charge < -0.3 is 9.47 Å². The van der Waals surface area contributed by atoms with Gasteiger partial charge in [-0.1, -0.05) is 25.7 Å². The van der Waals surface area contributed by atoms with Crippen LogP contribution >= 0.6 is 0 Å². The zero-order chi connectivity index (χ0) is 13.7. The van der Waals surface area contributed by atoms with E-state index in [0.717, 1.165) is 25.7 Å². The van der Waals surface area contributed by atoms with Gasteiger partial charge in [-0.25, -0.2) is 0 Å². The van der Waals surface area contributed by atoms with Crippen molar-refractivity contribution in [1.29, 1.82) is 0 Å². The fourth-order valence-corrected chi connectivity index (χ4v) is 2.73. The highest BCUT2D eigenvalue weighted by molar-refractivity contribution is 5.98. The molecule has 0 radical (unpaired) electrons. The molecule has 0 N–H and O–H groups in total. The first-order chi connectivity index (χ1) is 9.24. The Bertz CT molecular complexity index is 409. The maximum atomic E-state index is 12.6. The SMILES string of the molecule is COc1cc(OC)cc(C(=O)C2CCCCCC2)c1. The molecule has 0 unspecified atom stereocenters. The van der Waals surface area contributed by atoms with E-state index in [-0.39, 0.29) is 11.7 Å². The number of methoxy groups -OCH3 is 2. The molecule has 2 rings (SSSR count). The third-order valence-corrected chi connectivity index (χ3v) is 3.86. The molecule has 0 saturated heterocycles. The zero-order valence-electron chi connectivity index (χ0n) is 11.8. The van der Waals surface area contributed by atoms with E-state index in [9.17, 15) is 4.79 Å². The predicted molar refractivity (Wildman–Crippen MR) is 75.1 cm³/mol. The molecule has 0 bridgehead atoms. The largest absolute Gasteiger partial charge is 0.497 e. The average molecular weight is 262 g/mol. The smallest absolute Gasteiger partial charge is 0.166 e. The van der Waals surface area contributed by atoms with Gasteiger partial charge in [-0.3, -0.25) is 4.79 Å². The van der Waals surface area contributed by atoms with Crippen LogP contribution in [0.1, 0.15) is 48.9 Å². The Morgan fingerprint density at radius 1 is 0.947 bits per heavy atom. The van der Waals surface area contributed by atoms with Crippen molar-refractivity contribution in [3.63, 3.8) is 0 Å². The number of ether oxygens (including phenoxy) is 2. The lowest BCUT2D eigenvalue weighted by molar-refractivity contribution is 0.0907. The maximum Gasteiger partial charge on any atom is 0.166 e. The lowest BCUT2D eigenvalue weighted by Crippen LogP contribution is -2.14. The van der Waals surface area contributed by atoms with Crippen LogP contribution in [0.5, 0.6) is 11.5 Å². The van der Waals surface area contributed by atoms with Gasteiger partial charge in [-0.2, -0.15) is 0 Å². The first-order valence-corrected chi connectivity index (χ1v) is 7.02. The molecule has 1 aliphatic rings. The number of hydrogen-bond acceptors (Lipinski definition) is 3. The van der Waals surface area contributed by atoms with Crippen molar-refractivity contribution in [3.8, 4) is 11.5 Å². The predicted octanol–water partition coefficient (Wildman–Crippen LogP) is 3.86. The Morgan fingerprint density at radius 3 is 1.95 bits per heavy atom. The Kier molecular flexibility index (Phi) is 4.83. The lowest BCUT2D eigenvalue weighted by Gasteiger charge is -2.14. The molecule has 0 spiro atoms. The minimum atomic E-state index is 0.166. The summed E-state index contributed by atoms with van der Waals surface area (Å²) in [6, 6.07) is 5.43. The Labute approximate surface area is 114 Å². The number of ketones is 1. The third kappa shape index (κ3) is 3.49. The Balaban J connectivity index is 2.21. The average Bonchev–Trinajstić information content (AvgIpc) is 2.74. The van der Waals surface area contributed by atoms with Crippen LogP contribution < -0.4 is 9.47 Å².